The monoisotopic (exact) mass is 324 g/mol. The Morgan fingerprint density at radius 1 is 1.42 bits per heavy atom. The van der Waals surface area contributed by atoms with Crippen LogP contribution in [0.4, 0.5) is 5.69 Å². The van der Waals surface area contributed by atoms with E-state index in [1.807, 2.05) is 4.52 Å². The van der Waals surface area contributed by atoms with Crippen molar-refractivity contribution in [2.24, 2.45) is 11.8 Å². The van der Waals surface area contributed by atoms with Crippen LogP contribution in [0.15, 0.2) is 12.3 Å². The van der Waals surface area contributed by atoms with Crippen molar-refractivity contribution in [1.29, 1.82) is 0 Å². The summed E-state index contributed by atoms with van der Waals surface area (Å²) in [5.74, 6) is 4.36. The third-order valence-corrected chi connectivity index (χ3v) is 5.70. The number of pyridine rings is 1. The topological polar surface area (TPSA) is 42.7 Å². The molecule has 1 aliphatic carbocycles. The molecule has 0 radical (unpaired) electrons. The summed E-state index contributed by atoms with van der Waals surface area (Å²) in [6.07, 6.45) is 10.8. The van der Waals surface area contributed by atoms with E-state index in [1.54, 1.807) is 7.11 Å². The summed E-state index contributed by atoms with van der Waals surface area (Å²) in [7, 11) is 1.71. The molecule has 0 aromatic carbocycles. The standard InChI is InChI=1S/C19H24N4O/c1-5-15-6-8-19(15,24-4)18-20-17-14(3)10-16(12-23(17)21-18)22-9-7-13(2)11-22/h1,10,12-13,15H,6-9,11H2,2-4H3. The molecule has 2 aliphatic rings. The van der Waals surface area contributed by atoms with Crippen molar-refractivity contribution in [3.63, 3.8) is 0 Å². The molecule has 0 amide bonds. The molecule has 3 unspecified atom stereocenters. The summed E-state index contributed by atoms with van der Waals surface area (Å²) in [6.45, 7) is 6.61. The van der Waals surface area contributed by atoms with Gasteiger partial charge in [0.05, 0.1) is 17.8 Å². The van der Waals surface area contributed by atoms with Crippen molar-refractivity contribution in [3.05, 3.63) is 23.7 Å². The smallest absolute Gasteiger partial charge is 0.184 e. The molecule has 2 aromatic rings. The maximum atomic E-state index is 5.79. The average molecular weight is 324 g/mol. The normalized spacial score (nSPS) is 29.7. The first kappa shape index (κ1) is 15.5. The third kappa shape index (κ3) is 2.13. The first-order valence-electron chi connectivity index (χ1n) is 8.71. The summed E-state index contributed by atoms with van der Waals surface area (Å²) >= 11 is 0. The first-order valence-corrected chi connectivity index (χ1v) is 8.71. The van der Waals surface area contributed by atoms with Crippen LogP contribution >= 0.6 is 0 Å². The van der Waals surface area contributed by atoms with Crippen LogP contribution in [0.25, 0.3) is 5.65 Å². The van der Waals surface area contributed by atoms with Gasteiger partial charge < -0.3 is 9.64 Å². The number of ether oxygens (including phenoxy) is 1. The van der Waals surface area contributed by atoms with Gasteiger partial charge in [-0.05, 0) is 43.7 Å². The SMILES string of the molecule is C#CC1CCC1(OC)c1nc2c(C)cc(N3CCC(C)C3)cn2n1. The van der Waals surface area contributed by atoms with E-state index in [0.29, 0.717) is 5.82 Å². The fraction of sp³-hybridized carbons (Fsp3) is 0.579. The zero-order valence-corrected chi connectivity index (χ0v) is 14.6. The molecule has 1 saturated heterocycles. The van der Waals surface area contributed by atoms with Gasteiger partial charge in [0.1, 0.15) is 5.60 Å². The van der Waals surface area contributed by atoms with Gasteiger partial charge in [-0.3, -0.25) is 0 Å². The highest BCUT2D eigenvalue weighted by molar-refractivity contribution is 5.57. The summed E-state index contributed by atoms with van der Waals surface area (Å²) in [5.41, 5.74) is 2.72. The van der Waals surface area contributed by atoms with E-state index < -0.39 is 5.60 Å². The van der Waals surface area contributed by atoms with Crippen LogP contribution in [0.2, 0.25) is 0 Å². The number of hydrogen-bond donors (Lipinski definition) is 0. The number of nitrogens with zero attached hydrogens (tertiary/aromatic N) is 4. The number of hydrogen-bond acceptors (Lipinski definition) is 4. The van der Waals surface area contributed by atoms with E-state index in [2.05, 4.69) is 36.9 Å². The molecule has 0 N–H and O–H groups in total. The van der Waals surface area contributed by atoms with Crippen molar-refractivity contribution >= 4 is 11.3 Å². The number of methoxy groups -OCH3 is 1. The van der Waals surface area contributed by atoms with Crippen LogP contribution < -0.4 is 4.90 Å². The second kappa shape index (κ2) is 5.49. The molecule has 3 atom stereocenters. The second-order valence-corrected chi connectivity index (χ2v) is 7.28. The fourth-order valence-electron chi connectivity index (χ4n) is 4.02. The minimum absolute atomic E-state index is 0.0547. The highest BCUT2D eigenvalue weighted by atomic mass is 16.5. The van der Waals surface area contributed by atoms with Crippen LogP contribution in [-0.4, -0.2) is 34.8 Å². The molecule has 1 saturated carbocycles. The largest absolute Gasteiger partial charge is 0.370 e. The van der Waals surface area contributed by atoms with Crippen molar-refractivity contribution < 1.29 is 4.74 Å². The highest BCUT2D eigenvalue weighted by Gasteiger charge is 2.51. The van der Waals surface area contributed by atoms with E-state index in [1.165, 1.54) is 12.1 Å². The molecule has 0 spiro atoms. The number of terminal acetylenes is 1. The van der Waals surface area contributed by atoms with Gasteiger partial charge in [-0.15, -0.1) is 11.5 Å². The Morgan fingerprint density at radius 2 is 2.25 bits per heavy atom. The maximum absolute atomic E-state index is 5.79. The molecule has 1 aliphatic heterocycles. The maximum Gasteiger partial charge on any atom is 0.184 e. The quantitative estimate of drug-likeness (QED) is 0.814. The predicted octanol–water partition coefficient (Wildman–Crippen LogP) is 2.77. The van der Waals surface area contributed by atoms with Gasteiger partial charge in [-0.2, -0.15) is 0 Å². The third-order valence-electron chi connectivity index (χ3n) is 5.70. The minimum atomic E-state index is -0.518. The van der Waals surface area contributed by atoms with Gasteiger partial charge in [0.15, 0.2) is 11.5 Å². The molecular formula is C19H24N4O. The lowest BCUT2D eigenvalue weighted by atomic mass is 9.69. The molecule has 126 valence electrons. The van der Waals surface area contributed by atoms with Gasteiger partial charge in [0.2, 0.25) is 0 Å². The zero-order chi connectivity index (χ0) is 16.9. The van der Waals surface area contributed by atoms with Gasteiger partial charge in [0.25, 0.3) is 0 Å². The van der Waals surface area contributed by atoms with E-state index in [-0.39, 0.29) is 5.92 Å². The molecule has 5 nitrogen and oxygen atoms in total. The van der Waals surface area contributed by atoms with Gasteiger partial charge in [-0.1, -0.05) is 12.8 Å². The lowest BCUT2D eigenvalue weighted by molar-refractivity contribution is -0.116. The lowest BCUT2D eigenvalue weighted by Crippen LogP contribution is -2.46. The minimum Gasteiger partial charge on any atom is -0.370 e. The lowest BCUT2D eigenvalue weighted by Gasteiger charge is -2.43. The Kier molecular flexibility index (Phi) is 3.54. The average Bonchev–Trinajstić information content (AvgIpc) is 3.14. The number of aryl methyl sites for hydroxylation is 1. The Balaban J connectivity index is 1.76. The van der Waals surface area contributed by atoms with Crippen LogP contribution in [0.5, 0.6) is 0 Å². The number of anilines is 1. The van der Waals surface area contributed by atoms with E-state index in [0.717, 1.165) is 43.1 Å². The van der Waals surface area contributed by atoms with Gasteiger partial charge in [-0.25, -0.2) is 9.50 Å². The van der Waals surface area contributed by atoms with Crippen molar-refractivity contribution in [1.82, 2.24) is 14.6 Å². The molecular weight excluding hydrogens is 300 g/mol. The molecule has 2 aromatic heterocycles. The number of fused-ring (bicyclic) bond motifs is 1. The molecule has 24 heavy (non-hydrogen) atoms. The Hall–Kier alpha value is -2.06. The molecule has 5 heteroatoms. The van der Waals surface area contributed by atoms with Crippen molar-refractivity contribution in [3.8, 4) is 12.3 Å². The molecule has 0 bridgehead atoms. The fourth-order valence-corrected chi connectivity index (χ4v) is 4.02. The summed E-state index contributed by atoms with van der Waals surface area (Å²) in [4.78, 5) is 7.20. The van der Waals surface area contributed by atoms with Crippen LogP contribution in [-0.2, 0) is 10.3 Å². The summed E-state index contributed by atoms with van der Waals surface area (Å²) < 4.78 is 7.68. The van der Waals surface area contributed by atoms with Crippen LogP contribution in [0.1, 0.15) is 37.6 Å². The Bertz CT molecular complexity index is 817. The number of aromatic nitrogens is 3. The summed E-state index contributed by atoms with van der Waals surface area (Å²) in [6, 6.07) is 2.21. The predicted molar refractivity (Wildman–Crippen MR) is 94.0 cm³/mol. The Morgan fingerprint density at radius 3 is 2.83 bits per heavy atom. The highest BCUT2D eigenvalue weighted by Crippen LogP contribution is 2.48. The summed E-state index contributed by atoms with van der Waals surface area (Å²) in [5, 5.41) is 4.75. The van der Waals surface area contributed by atoms with Crippen molar-refractivity contribution in [2.75, 3.05) is 25.1 Å². The molecule has 4 rings (SSSR count). The van der Waals surface area contributed by atoms with Crippen molar-refractivity contribution in [2.45, 2.75) is 38.7 Å². The molecule has 2 fully saturated rings. The Labute approximate surface area is 143 Å². The van der Waals surface area contributed by atoms with E-state index in [4.69, 9.17) is 21.2 Å². The second-order valence-electron chi connectivity index (χ2n) is 7.28. The van der Waals surface area contributed by atoms with Gasteiger partial charge >= 0.3 is 0 Å². The van der Waals surface area contributed by atoms with Gasteiger partial charge in [0, 0.05) is 20.2 Å². The number of rotatable bonds is 3. The first-order chi connectivity index (χ1) is 11.6. The molecule has 3 heterocycles. The van der Waals surface area contributed by atoms with Crippen LogP contribution in [0, 0.1) is 31.1 Å². The zero-order valence-electron chi connectivity index (χ0n) is 14.6. The van der Waals surface area contributed by atoms with Crippen LogP contribution in [0.3, 0.4) is 0 Å². The van der Waals surface area contributed by atoms with E-state index >= 15 is 0 Å². The van der Waals surface area contributed by atoms with E-state index in [9.17, 15) is 0 Å².